The summed E-state index contributed by atoms with van der Waals surface area (Å²) in [4.78, 5) is 17.8. The first-order valence-corrected chi connectivity index (χ1v) is 10.2. The number of amides is 1. The Hall–Kier alpha value is -1.73. The smallest absolute Gasteiger partial charge is 0.222 e. The van der Waals surface area contributed by atoms with Gasteiger partial charge in [-0.15, -0.1) is 0 Å². The van der Waals surface area contributed by atoms with Gasteiger partial charge in [0.1, 0.15) is 0 Å². The van der Waals surface area contributed by atoms with E-state index in [9.17, 15) is 4.79 Å². The molecule has 0 aliphatic carbocycles. The Labute approximate surface area is 169 Å². The minimum atomic E-state index is -0.251. The highest BCUT2D eigenvalue weighted by Gasteiger charge is 2.34. The van der Waals surface area contributed by atoms with E-state index >= 15 is 0 Å². The Morgan fingerprint density at radius 2 is 2.04 bits per heavy atom. The molecular weight excluding hydrogens is 380 g/mol. The molecular formula is C20H25ClN4OS. The maximum Gasteiger partial charge on any atom is 0.222 e. The molecule has 0 saturated heterocycles. The number of carbonyl (C=O) groups is 1. The highest BCUT2D eigenvalue weighted by molar-refractivity contribution is 8.00. The zero-order valence-electron chi connectivity index (χ0n) is 15.6. The summed E-state index contributed by atoms with van der Waals surface area (Å²) in [5, 5.41) is 3.79. The second-order valence-electron chi connectivity index (χ2n) is 6.73. The summed E-state index contributed by atoms with van der Waals surface area (Å²) in [6.07, 6.45) is 1.31. The molecule has 3 rings (SSSR count). The van der Waals surface area contributed by atoms with Crippen LogP contribution < -0.4 is 16.0 Å². The van der Waals surface area contributed by atoms with Gasteiger partial charge in [-0.25, -0.2) is 0 Å². The highest BCUT2D eigenvalue weighted by atomic mass is 35.5. The second kappa shape index (κ2) is 8.97. The molecule has 0 aromatic heterocycles. The van der Waals surface area contributed by atoms with E-state index in [-0.39, 0.29) is 11.4 Å². The van der Waals surface area contributed by atoms with Crippen molar-refractivity contribution < 1.29 is 4.79 Å². The largest absolute Gasteiger partial charge is 0.327 e. The SMILES string of the molecule is CN(C)CCCC(=O)NC1Sc2ccccc2N1c1c(Cl)cccc1CN. The number of nitrogens with one attached hydrogen (secondary N) is 1. The fraction of sp³-hybridized carbons (Fsp3) is 0.350. The Morgan fingerprint density at radius 1 is 1.26 bits per heavy atom. The van der Waals surface area contributed by atoms with Crippen molar-refractivity contribution in [3.05, 3.63) is 53.1 Å². The maximum atomic E-state index is 12.5. The average Bonchev–Trinajstić information content (AvgIpc) is 2.98. The zero-order chi connectivity index (χ0) is 19.4. The molecule has 1 aliphatic heterocycles. The molecule has 1 unspecified atom stereocenters. The Bertz CT molecular complexity index is 814. The van der Waals surface area contributed by atoms with Crippen LogP contribution in [-0.4, -0.2) is 36.9 Å². The van der Waals surface area contributed by atoms with Crippen LogP contribution in [0.2, 0.25) is 5.02 Å². The van der Waals surface area contributed by atoms with Crippen molar-refractivity contribution in [2.75, 3.05) is 25.5 Å². The van der Waals surface area contributed by atoms with Gasteiger partial charge >= 0.3 is 0 Å². The van der Waals surface area contributed by atoms with Gasteiger partial charge in [0.25, 0.3) is 0 Å². The lowest BCUT2D eigenvalue weighted by Gasteiger charge is -2.30. The molecule has 0 bridgehead atoms. The first kappa shape index (κ1) is 20.0. The van der Waals surface area contributed by atoms with Gasteiger partial charge in [-0.1, -0.05) is 47.6 Å². The number of nitrogens with zero attached hydrogens (tertiary/aromatic N) is 2. The lowest BCUT2D eigenvalue weighted by Crippen LogP contribution is -2.42. The molecule has 1 atom stereocenters. The Morgan fingerprint density at radius 3 is 2.78 bits per heavy atom. The van der Waals surface area contributed by atoms with Crippen molar-refractivity contribution in [1.29, 1.82) is 0 Å². The molecule has 2 aromatic carbocycles. The normalized spacial score (nSPS) is 15.9. The summed E-state index contributed by atoms with van der Waals surface area (Å²) >= 11 is 8.17. The number of benzene rings is 2. The molecule has 0 fully saturated rings. The lowest BCUT2D eigenvalue weighted by atomic mass is 10.1. The van der Waals surface area contributed by atoms with E-state index in [1.54, 1.807) is 11.8 Å². The van der Waals surface area contributed by atoms with Crippen LogP contribution in [0.3, 0.4) is 0 Å². The molecule has 0 spiro atoms. The molecule has 0 saturated carbocycles. The van der Waals surface area contributed by atoms with Crippen LogP contribution in [0, 0.1) is 0 Å². The number of carbonyl (C=O) groups excluding carboxylic acids is 1. The fourth-order valence-electron chi connectivity index (χ4n) is 3.15. The minimum absolute atomic E-state index is 0.0357. The first-order valence-electron chi connectivity index (χ1n) is 8.97. The molecule has 3 N–H and O–H groups in total. The molecule has 5 nitrogen and oxygen atoms in total. The van der Waals surface area contributed by atoms with E-state index < -0.39 is 0 Å². The average molecular weight is 405 g/mol. The number of halogens is 1. The number of anilines is 2. The summed E-state index contributed by atoms with van der Waals surface area (Å²) in [5.41, 5.74) is 8.55. The van der Waals surface area contributed by atoms with Gasteiger partial charge in [-0.2, -0.15) is 0 Å². The number of para-hydroxylation sites is 2. The van der Waals surface area contributed by atoms with Crippen molar-refractivity contribution >= 4 is 40.6 Å². The number of nitrogens with two attached hydrogens (primary N) is 1. The zero-order valence-corrected chi connectivity index (χ0v) is 17.2. The first-order chi connectivity index (χ1) is 13.0. The van der Waals surface area contributed by atoms with E-state index in [2.05, 4.69) is 21.2 Å². The standard InChI is InChI=1S/C20H25ClN4OS/c1-24(2)12-6-11-18(26)23-20-25(16-9-3-4-10-17(16)27-20)19-14(13-22)7-5-8-15(19)21/h3-5,7-10,20H,6,11-13,22H2,1-2H3,(H,23,26). The van der Waals surface area contributed by atoms with Gasteiger partial charge in [0, 0.05) is 17.9 Å². The molecule has 2 aromatic rings. The minimum Gasteiger partial charge on any atom is -0.327 e. The summed E-state index contributed by atoms with van der Waals surface area (Å²) in [7, 11) is 4.02. The van der Waals surface area contributed by atoms with E-state index in [1.165, 1.54) is 0 Å². The fourth-order valence-corrected chi connectivity index (χ4v) is 4.63. The third-order valence-electron chi connectivity index (χ3n) is 4.42. The van der Waals surface area contributed by atoms with E-state index in [0.29, 0.717) is 18.0 Å². The summed E-state index contributed by atoms with van der Waals surface area (Å²) in [6.45, 7) is 1.26. The molecule has 1 amide bonds. The number of rotatable bonds is 7. The van der Waals surface area contributed by atoms with Gasteiger partial charge in [0.15, 0.2) is 5.50 Å². The van der Waals surface area contributed by atoms with E-state index in [0.717, 1.165) is 34.8 Å². The molecule has 0 radical (unpaired) electrons. The van der Waals surface area contributed by atoms with Gasteiger partial charge in [0.05, 0.1) is 16.4 Å². The number of thioether (sulfide) groups is 1. The van der Waals surface area contributed by atoms with Crippen molar-refractivity contribution in [3.63, 3.8) is 0 Å². The van der Waals surface area contributed by atoms with Crippen molar-refractivity contribution in [3.8, 4) is 0 Å². The summed E-state index contributed by atoms with van der Waals surface area (Å²) in [6, 6.07) is 13.8. The molecule has 1 heterocycles. The molecule has 7 heteroatoms. The Balaban J connectivity index is 1.87. The predicted octanol–water partition coefficient (Wildman–Crippen LogP) is 3.78. The third kappa shape index (κ3) is 4.58. The highest BCUT2D eigenvalue weighted by Crippen LogP contribution is 2.49. The van der Waals surface area contributed by atoms with Crippen LogP contribution in [0.4, 0.5) is 11.4 Å². The molecule has 27 heavy (non-hydrogen) atoms. The third-order valence-corrected chi connectivity index (χ3v) is 5.88. The summed E-state index contributed by atoms with van der Waals surface area (Å²) in [5.74, 6) is 0.0357. The van der Waals surface area contributed by atoms with Crippen LogP contribution in [0.5, 0.6) is 0 Å². The van der Waals surface area contributed by atoms with Crippen molar-refractivity contribution in [1.82, 2.24) is 10.2 Å². The van der Waals surface area contributed by atoms with Crippen molar-refractivity contribution in [2.45, 2.75) is 29.8 Å². The topological polar surface area (TPSA) is 61.6 Å². The van der Waals surface area contributed by atoms with Crippen LogP contribution in [0.15, 0.2) is 47.4 Å². The number of hydrogen-bond donors (Lipinski definition) is 2. The quantitative estimate of drug-likeness (QED) is 0.735. The van der Waals surface area contributed by atoms with E-state index in [1.807, 2.05) is 50.5 Å². The Kier molecular flexibility index (Phi) is 6.65. The van der Waals surface area contributed by atoms with E-state index in [4.69, 9.17) is 17.3 Å². The lowest BCUT2D eigenvalue weighted by molar-refractivity contribution is -0.121. The molecule has 144 valence electrons. The van der Waals surface area contributed by atoms with Crippen molar-refractivity contribution in [2.24, 2.45) is 5.73 Å². The monoisotopic (exact) mass is 404 g/mol. The number of hydrogen-bond acceptors (Lipinski definition) is 5. The van der Waals surface area contributed by atoms with Gasteiger partial charge in [-0.3, -0.25) is 4.79 Å². The molecule has 1 aliphatic rings. The van der Waals surface area contributed by atoms with Crippen LogP contribution in [0.1, 0.15) is 18.4 Å². The maximum absolute atomic E-state index is 12.5. The second-order valence-corrected chi connectivity index (χ2v) is 8.26. The predicted molar refractivity (Wildman–Crippen MR) is 114 cm³/mol. The van der Waals surface area contributed by atoms with Gasteiger partial charge in [0.2, 0.25) is 5.91 Å². The van der Waals surface area contributed by atoms with Crippen LogP contribution in [0.25, 0.3) is 0 Å². The van der Waals surface area contributed by atoms with Crippen LogP contribution >= 0.6 is 23.4 Å². The van der Waals surface area contributed by atoms with Gasteiger partial charge in [-0.05, 0) is 50.8 Å². The number of fused-ring (bicyclic) bond motifs is 1. The van der Waals surface area contributed by atoms with Gasteiger partial charge < -0.3 is 20.9 Å². The van der Waals surface area contributed by atoms with Crippen LogP contribution in [-0.2, 0) is 11.3 Å². The summed E-state index contributed by atoms with van der Waals surface area (Å²) < 4.78 is 0.